The molecule has 0 aliphatic rings. The maximum Gasteiger partial charge on any atom is 0.339 e. The molecule has 1 aromatic rings. The molecule has 0 aliphatic heterocycles. The number of carbonyl (C=O) groups is 1. The third kappa shape index (κ3) is 5.76. The van der Waals surface area contributed by atoms with E-state index in [1.54, 1.807) is 0 Å². The Labute approximate surface area is 128 Å². The molecule has 0 bridgehead atoms. The van der Waals surface area contributed by atoms with Gasteiger partial charge in [-0.1, -0.05) is 27.2 Å². The first-order valence-corrected chi connectivity index (χ1v) is 7.91. The van der Waals surface area contributed by atoms with Crippen molar-refractivity contribution in [3.05, 3.63) is 29.8 Å². The Hall–Kier alpha value is -1.55. The van der Waals surface area contributed by atoms with E-state index < -0.39 is 0 Å². The molecule has 1 unspecified atom stereocenters. The van der Waals surface area contributed by atoms with Gasteiger partial charge in [0.2, 0.25) is 0 Å². The quantitative estimate of drug-likeness (QED) is 0.427. The summed E-state index contributed by atoms with van der Waals surface area (Å²) in [6.07, 6.45) is 2.11. The zero-order chi connectivity index (χ0) is 15.7. The van der Waals surface area contributed by atoms with Crippen LogP contribution in [0.4, 0.5) is 5.69 Å². The molecular formula is C17H28N2O2. The predicted octanol–water partition coefficient (Wildman–Crippen LogP) is 3.74. The van der Waals surface area contributed by atoms with Gasteiger partial charge in [-0.3, -0.25) is 4.90 Å². The molecule has 0 aromatic heterocycles. The number of carbonyl (C=O) groups excluding carboxylic acids is 1. The van der Waals surface area contributed by atoms with Crippen molar-refractivity contribution in [2.75, 3.05) is 25.0 Å². The largest absolute Gasteiger partial charge is 0.443 e. The summed E-state index contributed by atoms with van der Waals surface area (Å²) in [6.45, 7) is 10.9. The Morgan fingerprint density at radius 1 is 1.19 bits per heavy atom. The van der Waals surface area contributed by atoms with E-state index in [0.29, 0.717) is 5.56 Å². The Kier molecular flexibility index (Phi) is 7.83. The third-order valence-corrected chi connectivity index (χ3v) is 3.58. The smallest absolute Gasteiger partial charge is 0.339 e. The fourth-order valence-electron chi connectivity index (χ4n) is 2.17. The standard InChI is InChI=1S/C17H28N2O2/c1-5-8-13-18-16-11-9-15(10-12-16)17(20)21-14(4)19(6-2)7-3/h9-12,14,18H,5-8,13H2,1-4H3. The van der Waals surface area contributed by atoms with E-state index in [1.807, 2.05) is 31.2 Å². The second kappa shape index (κ2) is 9.40. The van der Waals surface area contributed by atoms with Gasteiger partial charge in [-0.15, -0.1) is 0 Å². The predicted molar refractivity (Wildman–Crippen MR) is 87.6 cm³/mol. The number of hydrogen-bond donors (Lipinski definition) is 1. The zero-order valence-corrected chi connectivity index (χ0v) is 13.7. The maximum atomic E-state index is 12.1. The number of nitrogens with one attached hydrogen (secondary N) is 1. The van der Waals surface area contributed by atoms with Gasteiger partial charge in [0.15, 0.2) is 6.23 Å². The average Bonchev–Trinajstić information content (AvgIpc) is 2.49. The molecule has 1 N–H and O–H groups in total. The monoisotopic (exact) mass is 292 g/mol. The first-order valence-electron chi connectivity index (χ1n) is 7.91. The second-order valence-corrected chi connectivity index (χ2v) is 5.08. The minimum absolute atomic E-state index is 0.199. The molecule has 0 heterocycles. The van der Waals surface area contributed by atoms with Gasteiger partial charge in [0.1, 0.15) is 0 Å². The third-order valence-electron chi connectivity index (χ3n) is 3.58. The van der Waals surface area contributed by atoms with Gasteiger partial charge in [0.25, 0.3) is 0 Å². The minimum atomic E-state index is -0.269. The van der Waals surface area contributed by atoms with Crippen molar-refractivity contribution in [1.82, 2.24) is 4.90 Å². The topological polar surface area (TPSA) is 41.6 Å². The number of ether oxygens (including phenoxy) is 1. The number of rotatable bonds is 9. The molecule has 0 saturated carbocycles. The van der Waals surface area contributed by atoms with Crippen LogP contribution in [0.25, 0.3) is 0 Å². The molecule has 0 radical (unpaired) electrons. The SMILES string of the molecule is CCCCNc1ccc(C(=O)OC(C)N(CC)CC)cc1. The van der Waals surface area contributed by atoms with Crippen LogP contribution in [-0.4, -0.2) is 36.7 Å². The number of unbranched alkanes of at least 4 members (excludes halogenated alkanes) is 1. The molecule has 0 fully saturated rings. The van der Waals surface area contributed by atoms with Crippen molar-refractivity contribution in [1.29, 1.82) is 0 Å². The molecule has 21 heavy (non-hydrogen) atoms. The molecule has 0 amide bonds. The maximum absolute atomic E-state index is 12.1. The van der Waals surface area contributed by atoms with Gasteiger partial charge in [-0.25, -0.2) is 4.79 Å². The molecule has 0 saturated heterocycles. The number of nitrogens with zero attached hydrogens (tertiary/aromatic N) is 1. The second-order valence-electron chi connectivity index (χ2n) is 5.08. The average molecular weight is 292 g/mol. The van der Waals surface area contributed by atoms with Crippen molar-refractivity contribution >= 4 is 11.7 Å². The van der Waals surface area contributed by atoms with Crippen LogP contribution in [0.15, 0.2) is 24.3 Å². The van der Waals surface area contributed by atoms with Gasteiger partial charge in [0, 0.05) is 12.2 Å². The molecule has 4 nitrogen and oxygen atoms in total. The van der Waals surface area contributed by atoms with Crippen molar-refractivity contribution in [2.45, 2.75) is 46.8 Å². The lowest BCUT2D eigenvalue weighted by atomic mass is 10.2. The van der Waals surface area contributed by atoms with Crippen LogP contribution in [0.5, 0.6) is 0 Å². The van der Waals surface area contributed by atoms with Crippen LogP contribution in [0.2, 0.25) is 0 Å². The molecule has 0 spiro atoms. The summed E-state index contributed by atoms with van der Waals surface area (Å²) in [4.78, 5) is 14.2. The number of benzene rings is 1. The summed E-state index contributed by atoms with van der Waals surface area (Å²) >= 11 is 0. The highest BCUT2D eigenvalue weighted by atomic mass is 16.6. The van der Waals surface area contributed by atoms with Crippen molar-refractivity contribution in [3.63, 3.8) is 0 Å². The number of anilines is 1. The summed E-state index contributed by atoms with van der Waals surface area (Å²) in [5.74, 6) is -0.269. The first kappa shape index (κ1) is 17.5. The van der Waals surface area contributed by atoms with Crippen LogP contribution >= 0.6 is 0 Å². The molecule has 1 aromatic carbocycles. The van der Waals surface area contributed by atoms with Crippen molar-refractivity contribution in [2.24, 2.45) is 0 Å². The molecule has 1 atom stereocenters. The highest BCUT2D eigenvalue weighted by Gasteiger charge is 2.16. The summed E-state index contributed by atoms with van der Waals surface area (Å²) in [6, 6.07) is 7.47. The summed E-state index contributed by atoms with van der Waals surface area (Å²) < 4.78 is 5.49. The van der Waals surface area contributed by atoms with Crippen molar-refractivity contribution in [3.8, 4) is 0 Å². The van der Waals surface area contributed by atoms with E-state index in [0.717, 1.165) is 31.7 Å². The highest BCUT2D eigenvalue weighted by Crippen LogP contribution is 2.12. The molecular weight excluding hydrogens is 264 g/mol. The minimum Gasteiger partial charge on any atom is -0.443 e. The summed E-state index contributed by atoms with van der Waals surface area (Å²) in [7, 11) is 0. The van der Waals surface area contributed by atoms with E-state index in [1.165, 1.54) is 6.42 Å². The van der Waals surface area contributed by atoms with E-state index in [4.69, 9.17) is 4.74 Å². The van der Waals surface area contributed by atoms with E-state index in [-0.39, 0.29) is 12.2 Å². The Morgan fingerprint density at radius 2 is 1.81 bits per heavy atom. The van der Waals surface area contributed by atoms with Crippen LogP contribution in [0.1, 0.15) is 50.9 Å². The normalized spacial score (nSPS) is 12.2. The fraction of sp³-hybridized carbons (Fsp3) is 0.588. The first-order chi connectivity index (χ1) is 10.1. The molecule has 1 rings (SSSR count). The Morgan fingerprint density at radius 3 is 2.33 bits per heavy atom. The number of esters is 1. The van der Waals surface area contributed by atoms with Gasteiger partial charge in [0.05, 0.1) is 5.56 Å². The van der Waals surface area contributed by atoms with Crippen LogP contribution in [-0.2, 0) is 4.74 Å². The Bertz CT molecular complexity index is 413. The van der Waals surface area contributed by atoms with E-state index >= 15 is 0 Å². The van der Waals surface area contributed by atoms with Gasteiger partial charge >= 0.3 is 5.97 Å². The lowest BCUT2D eigenvalue weighted by Gasteiger charge is -2.25. The van der Waals surface area contributed by atoms with Crippen LogP contribution in [0, 0.1) is 0 Å². The van der Waals surface area contributed by atoms with Gasteiger partial charge < -0.3 is 10.1 Å². The van der Waals surface area contributed by atoms with Crippen LogP contribution < -0.4 is 5.32 Å². The summed E-state index contributed by atoms with van der Waals surface area (Å²) in [5.41, 5.74) is 1.63. The van der Waals surface area contributed by atoms with Gasteiger partial charge in [-0.2, -0.15) is 0 Å². The molecule has 0 aliphatic carbocycles. The highest BCUT2D eigenvalue weighted by molar-refractivity contribution is 5.89. The van der Waals surface area contributed by atoms with Crippen LogP contribution in [0.3, 0.4) is 0 Å². The zero-order valence-electron chi connectivity index (χ0n) is 13.7. The van der Waals surface area contributed by atoms with Gasteiger partial charge in [-0.05, 0) is 50.7 Å². The molecule has 4 heteroatoms. The van der Waals surface area contributed by atoms with E-state index in [9.17, 15) is 4.79 Å². The lowest BCUT2D eigenvalue weighted by Crippen LogP contribution is -2.36. The number of hydrogen-bond acceptors (Lipinski definition) is 4. The molecule has 118 valence electrons. The Balaban J connectivity index is 2.54. The lowest BCUT2D eigenvalue weighted by molar-refractivity contribution is -0.0196. The van der Waals surface area contributed by atoms with E-state index in [2.05, 4.69) is 31.0 Å². The summed E-state index contributed by atoms with van der Waals surface area (Å²) in [5, 5.41) is 3.33. The van der Waals surface area contributed by atoms with Crippen molar-refractivity contribution < 1.29 is 9.53 Å². The fourth-order valence-corrected chi connectivity index (χ4v) is 2.17.